The van der Waals surface area contributed by atoms with Crippen LogP contribution in [-0.4, -0.2) is 9.55 Å². The summed E-state index contributed by atoms with van der Waals surface area (Å²) in [6, 6.07) is 15.5. The average molecular weight is 397 g/mol. The van der Waals surface area contributed by atoms with E-state index in [1.54, 1.807) is 49.5 Å². The van der Waals surface area contributed by atoms with Crippen molar-refractivity contribution in [3.63, 3.8) is 0 Å². The van der Waals surface area contributed by atoms with Gasteiger partial charge in [0.1, 0.15) is 11.5 Å². The highest BCUT2D eigenvalue weighted by atomic mass is 35.5. The second kappa shape index (κ2) is 7.17. The minimum Gasteiger partial charge on any atom is -0.296 e. The van der Waals surface area contributed by atoms with E-state index in [0.717, 1.165) is 0 Å². The molecule has 4 aromatic rings. The predicted octanol–water partition coefficient (Wildman–Crippen LogP) is 5.45. The van der Waals surface area contributed by atoms with Gasteiger partial charge in [-0.1, -0.05) is 35.9 Å². The topological polar surface area (TPSA) is 34.9 Å². The van der Waals surface area contributed by atoms with Crippen LogP contribution in [0.5, 0.6) is 0 Å². The fourth-order valence-electron chi connectivity index (χ4n) is 3.20. The molecule has 0 spiro atoms. The third-order valence-electron chi connectivity index (χ3n) is 4.69. The highest BCUT2D eigenvalue weighted by Gasteiger charge is 2.17. The lowest BCUT2D eigenvalue weighted by Gasteiger charge is -2.14. The van der Waals surface area contributed by atoms with Crippen LogP contribution in [0.2, 0.25) is 5.02 Å². The maximum absolute atomic E-state index is 15.1. The fourth-order valence-corrected chi connectivity index (χ4v) is 3.33. The van der Waals surface area contributed by atoms with Crippen LogP contribution in [0, 0.1) is 5.82 Å². The Morgan fingerprint density at radius 1 is 1.04 bits per heavy atom. The molecule has 0 aliphatic rings. The van der Waals surface area contributed by atoms with Gasteiger partial charge in [-0.25, -0.2) is 13.8 Å². The van der Waals surface area contributed by atoms with Gasteiger partial charge in [-0.05, 0) is 47.0 Å². The van der Waals surface area contributed by atoms with Crippen LogP contribution >= 0.6 is 11.6 Å². The van der Waals surface area contributed by atoms with Crippen molar-refractivity contribution in [3.8, 4) is 11.1 Å². The van der Waals surface area contributed by atoms with Gasteiger partial charge in [0.15, 0.2) is 6.17 Å². The van der Waals surface area contributed by atoms with Crippen molar-refractivity contribution in [3.05, 3.63) is 99.2 Å². The molecule has 0 saturated heterocycles. The number of nitrogens with zero attached hydrogens (tertiary/aromatic N) is 2. The van der Waals surface area contributed by atoms with Gasteiger partial charge in [-0.15, -0.1) is 0 Å². The Morgan fingerprint density at radius 3 is 2.50 bits per heavy atom. The van der Waals surface area contributed by atoms with E-state index >= 15 is 4.39 Å². The van der Waals surface area contributed by atoms with E-state index in [1.165, 1.54) is 29.0 Å². The highest BCUT2D eigenvalue weighted by molar-refractivity contribution is 6.30. The van der Waals surface area contributed by atoms with Crippen LogP contribution in [0.1, 0.15) is 17.3 Å². The maximum atomic E-state index is 15.1. The predicted molar refractivity (Wildman–Crippen MR) is 107 cm³/mol. The molecule has 0 aliphatic heterocycles. The summed E-state index contributed by atoms with van der Waals surface area (Å²) in [5.41, 5.74) is 1.95. The minimum absolute atomic E-state index is 0.276. The van der Waals surface area contributed by atoms with E-state index in [2.05, 4.69) is 4.98 Å². The molecule has 0 radical (unpaired) electrons. The summed E-state index contributed by atoms with van der Waals surface area (Å²) >= 11 is 5.88. The number of benzene rings is 2. The number of alkyl halides is 1. The van der Waals surface area contributed by atoms with Crippen molar-refractivity contribution in [2.45, 2.75) is 6.17 Å². The Labute approximate surface area is 164 Å². The fraction of sp³-hybridized carbons (Fsp3) is 0.0909. The van der Waals surface area contributed by atoms with Gasteiger partial charge >= 0.3 is 0 Å². The summed E-state index contributed by atoms with van der Waals surface area (Å²) in [5.74, 6) is -0.417. The third-order valence-corrected chi connectivity index (χ3v) is 4.94. The number of fused-ring (bicyclic) bond motifs is 1. The first-order chi connectivity index (χ1) is 13.4. The van der Waals surface area contributed by atoms with Crippen LogP contribution in [0.4, 0.5) is 8.78 Å². The lowest BCUT2D eigenvalue weighted by atomic mass is 9.99. The zero-order chi connectivity index (χ0) is 19.8. The Balaban J connectivity index is 1.92. The molecule has 1 atom stereocenters. The summed E-state index contributed by atoms with van der Waals surface area (Å²) in [6.45, 7) is 0. The molecule has 0 bridgehead atoms. The van der Waals surface area contributed by atoms with E-state index < -0.39 is 12.0 Å². The van der Waals surface area contributed by atoms with Crippen molar-refractivity contribution in [1.82, 2.24) is 9.55 Å². The van der Waals surface area contributed by atoms with Gasteiger partial charge < -0.3 is 0 Å². The molecular formula is C22H15ClF2N2O. The Hall–Kier alpha value is -3.05. The number of aromatic nitrogens is 2. The molecule has 2 heterocycles. The summed E-state index contributed by atoms with van der Waals surface area (Å²) in [6.07, 6.45) is 0.00269. The van der Waals surface area contributed by atoms with Gasteiger partial charge in [0.05, 0.1) is 0 Å². The number of hydrogen-bond acceptors (Lipinski definition) is 2. The van der Waals surface area contributed by atoms with Crippen molar-refractivity contribution in [2.24, 2.45) is 7.05 Å². The quantitative estimate of drug-likeness (QED) is 0.461. The van der Waals surface area contributed by atoms with Gasteiger partial charge in [0, 0.05) is 35.3 Å². The summed E-state index contributed by atoms with van der Waals surface area (Å²) in [7, 11) is 1.60. The van der Waals surface area contributed by atoms with Crippen LogP contribution < -0.4 is 5.56 Å². The SMILES string of the molecule is Cn1c(=O)cc(-c2cccc(F)c2)c2cc(C(F)c3ccc(Cl)cc3)cnc21. The molecule has 2 aromatic carbocycles. The second-order valence-electron chi connectivity index (χ2n) is 6.52. The standard InChI is InChI=1S/C22H15ClF2N2O/c1-27-20(28)11-18(14-3-2-4-17(24)9-14)19-10-15(12-26-22(19)27)21(25)13-5-7-16(23)8-6-13/h2-12,21H,1H3. The zero-order valence-electron chi connectivity index (χ0n) is 14.9. The molecule has 3 nitrogen and oxygen atoms in total. The summed E-state index contributed by atoms with van der Waals surface area (Å²) < 4.78 is 30.2. The van der Waals surface area contributed by atoms with Crippen LogP contribution in [0.25, 0.3) is 22.2 Å². The molecule has 1 unspecified atom stereocenters. The largest absolute Gasteiger partial charge is 0.296 e. The van der Waals surface area contributed by atoms with Crippen molar-refractivity contribution < 1.29 is 8.78 Å². The zero-order valence-corrected chi connectivity index (χ0v) is 15.6. The molecule has 0 amide bonds. The molecule has 0 N–H and O–H groups in total. The summed E-state index contributed by atoms with van der Waals surface area (Å²) in [4.78, 5) is 16.6. The molecule has 0 aliphatic carbocycles. The molecule has 140 valence electrons. The lowest BCUT2D eigenvalue weighted by Crippen LogP contribution is -2.17. The van der Waals surface area contributed by atoms with Crippen molar-refractivity contribution in [2.75, 3.05) is 0 Å². The van der Waals surface area contributed by atoms with E-state index in [-0.39, 0.29) is 5.56 Å². The Bertz CT molecular complexity index is 1240. The monoisotopic (exact) mass is 396 g/mol. The third kappa shape index (κ3) is 3.29. The first-order valence-electron chi connectivity index (χ1n) is 8.59. The number of aryl methyl sites for hydroxylation is 1. The molecule has 6 heteroatoms. The first kappa shape index (κ1) is 18.3. The van der Waals surface area contributed by atoms with E-state index in [9.17, 15) is 9.18 Å². The lowest BCUT2D eigenvalue weighted by molar-refractivity contribution is 0.401. The highest BCUT2D eigenvalue weighted by Crippen LogP contribution is 2.32. The number of pyridine rings is 2. The van der Waals surface area contributed by atoms with Crippen LogP contribution in [0.15, 0.2) is 71.7 Å². The number of halogens is 3. The van der Waals surface area contributed by atoms with Gasteiger partial charge in [-0.3, -0.25) is 9.36 Å². The Kier molecular flexibility index (Phi) is 4.69. The molecule has 4 rings (SSSR count). The molecule has 0 saturated carbocycles. The average Bonchev–Trinajstić information content (AvgIpc) is 2.70. The minimum atomic E-state index is -1.41. The van der Waals surface area contributed by atoms with Crippen LogP contribution in [0.3, 0.4) is 0 Å². The van der Waals surface area contributed by atoms with Crippen molar-refractivity contribution in [1.29, 1.82) is 0 Å². The van der Waals surface area contributed by atoms with E-state index in [1.807, 2.05) is 0 Å². The van der Waals surface area contributed by atoms with E-state index in [4.69, 9.17) is 11.6 Å². The van der Waals surface area contributed by atoms with Gasteiger partial charge in [0.25, 0.3) is 5.56 Å². The molecular weight excluding hydrogens is 382 g/mol. The summed E-state index contributed by atoms with van der Waals surface area (Å²) in [5, 5.41) is 1.10. The second-order valence-corrected chi connectivity index (χ2v) is 6.96. The normalized spacial score (nSPS) is 12.3. The van der Waals surface area contributed by atoms with Gasteiger partial charge in [0.2, 0.25) is 0 Å². The maximum Gasteiger partial charge on any atom is 0.252 e. The number of hydrogen-bond donors (Lipinski definition) is 0. The number of rotatable bonds is 3. The first-order valence-corrected chi connectivity index (χ1v) is 8.97. The molecule has 28 heavy (non-hydrogen) atoms. The van der Waals surface area contributed by atoms with E-state index in [0.29, 0.717) is 38.3 Å². The van der Waals surface area contributed by atoms with Crippen LogP contribution in [-0.2, 0) is 7.05 Å². The Morgan fingerprint density at radius 2 is 1.79 bits per heavy atom. The van der Waals surface area contributed by atoms with Crippen molar-refractivity contribution >= 4 is 22.6 Å². The van der Waals surface area contributed by atoms with Gasteiger partial charge in [-0.2, -0.15) is 0 Å². The smallest absolute Gasteiger partial charge is 0.252 e. The molecule has 0 fully saturated rings. The molecule has 2 aromatic heterocycles.